The van der Waals surface area contributed by atoms with Gasteiger partial charge in [0.1, 0.15) is 0 Å². The Kier molecular flexibility index (Phi) is 10.4. The number of hydrogen-bond acceptors (Lipinski definition) is 7. The van der Waals surface area contributed by atoms with E-state index in [1.165, 1.54) is 0 Å². The van der Waals surface area contributed by atoms with Crippen LogP contribution in [0.5, 0.6) is 0 Å². The first-order valence-electron chi connectivity index (χ1n) is 9.51. The number of nitrogens with two attached hydrogens (primary N) is 1. The van der Waals surface area contributed by atoms with Gasteiger partial charge in [0, 0.05) is 25.3 Å². The van der Waals surface area contributed by atoms with Crippen molar-refractivity contribution in [1.29, 1.82) is 0 Å². The summed E-state index contributed by atoms with van der Waals surface area (Å²) < 4.78 is -0.366. The minimum atomic E-state index is -1.24. The van der Waals surface area contributed by atoms with Gasteiger partial charge in [-0.1, -0.05) is 12.1 Å². The lowest BCUT2D eigenvalue weighted by atomic mass is 10.2. The van der Waals surface area contributed by atoms with E-state index in [2.05, 4.69) is 5.32 Å². The number of aliphatic carboxylic acids is 4. The monoisotopic (exact) mass is 441 g/mol. The number of carbonyl (C=O) groups is 4. The first-order chi connectivity index (χ1) is 14.5. The van der Waals surface area contributed by atoms with Gasteiger partial charge in [-0.3, -0.25) is 14.5 Å². The van der Waals surface area contributed by atoms with Crippen LogP contribution in [0.15, 0.2) is 24.3 Å². The molecule has 0 radical (unpaired) electrons. The summed E-state index contributed by atoms with van der Waals surface area (Å²) in [4.78, 5) is 46.0. The van der Waals surface area contributed by atoms with E-state index in [0.717, 1.165) is 10.5 Å². The van der Waals surface area contributed by atoms with Crippen molar-refractivity contribution in [2.75, 3.05) is 58.1 Å². The Morgan fingerprint density at radius 2 is 1.35 bits per heavy atom. The quantitative estimate of drug-likeness (QED) is 0.103. The second kappa shape index (κ2) is 12.5. The van der Waals surface area contributed by atoms with Crippen LogP contribution in [0.2, 0.25) is 0 Å². The predicted molar refractivity (Wildman–Crippen MR) is 109 cm³/mol. The third kappa shape index (κ3) is 10.9. The molecule has 0 bridgehead atoms. The summed E-state index contributed by atoms with van der Waals surface area (Å²) in [6, 6.07) is 7.14. The van der Waals surface area contributed by atoms with E-state index in [9.17, 15) is 29.4 Å². The van der Waals surface area contributed by atoms with Crippen molar-refractivity contribution < 1.29 is 44.1 Å². The zero-order valence-corrected chi connectivity index (χ0v) is 17.1. The van der Waals surface area contributed by atoms with Gasteiger partial charge in [0.25, 0.3) is 0 Å². The lowest BCUT2D eigenvalue weighted by Gasteiger charge is -2.37. The Bertz CT molecular complexity index is 737. The average Bonchev–Trinajstić information content (AvgIpc) is 2.63. The molecule has 31 heavy (non-hydrogen) atoms. The van der Waals surface area contributed by atoms with Gasteiger partial charge in [-0.15, -0.1) is 0 Å². The van der Waals surface area contributed by atoms with E-state index in [1.807, 2.05) is 12.1 Å². The fourth-order valence-electron chi connectivity index (χ4n) is 3.19. The largest absolute Gasteiger partial charge is 0.480 e. The summed E-state index contributed by atoms with van der Waals surface area (Å²) in [6.45, 7) is -1.33. The molecule has 0 heterocycles. The van der Waals surface area contributed by atoms with Gasteiger partial charge in [0.15, 0.2) is 13.1 Å². The van der Waals surface area contributed by atoms with Crippen LogP contribution >= 0.6 is 0 Å². The van der Waals surface area contributed by atoms with Crippen molar-refractivity contribution in [3.63, 3.8) is 0 Å². The van der Waals surface area contributed by atoms with Gasteiger partial charge in [-0.2, -0.15) is 0 Å². The van der Waals surface area contributed by atoms with Crippen molar-refractivity contribution in [3.05, 3.63) is 29.8 Å². The molecule has 0 saturated heterocycles. The standard InChI is InChI=1S/C19H28N4O8/c20-15-3-1-14(2-4-15)9-21-5-7-23(12-18(28)29,13-19(30)31)8-6-22(10-16(24)25)11-17(26)27/h1-4,21H,5-13,20H2,(H3-,24,25,26,27,28,29,30,31)/p+1. The van der Waals surface area contributed by atoms with Gasteiger partial charge in [0.05, 0.1) is 26.2 Å². The summed E-state index contributed by atoms with van der Waals surface area (Å²) >= 11 is 0. The third-order valence-electron chi connectivity index (χ3n) is 4.62. The van der Waals surface area contributed by atoms with Crippen LogP contribution in [0.1, 0.15) is 5.56 Å². The lowest BCUT2D eigenvalue weighted by molar-refractivity contribution is -0.913. The summed E-state index contributed by atoms with van der Waals surface area (Å²) in [5.41, 5.74) is 7.20. The molecule has 0 aliphatic heterocycles. The Labute approximate surface area is 179 Å². The van der Waals surface area contributed by atoms with Crippen molar-refractivity contribution in [1.82, 2.24) is 10.2 Å². The molecular formula is C19H29N4O8+. The van der Waals surface area contributed by atoms with Crippen molar-refractivity contribution in [3.8, 4) is 0 Å². The highest BCUT2D eigenvalue weighted by molar-refractivity contribution is 5.72. The minimum absolute atomic E-state index is 0.0390. The highest BCUT2D eigenvalue weighted by Crippen LogP contribution is 2.09. The molecule has 7 N–H and O–H groups in total. The number of hydrogen-bond donors (Lipinski definition) is 6. The van der Waals surface area contributed by atoms with Gasteiger partial charge in [-0.25, -0.2) is 9.59 Å². The van der Waals surface area contributed by atoms with Gasteiger partial charge in [0.2, 0.25) is 0 Å². The van der Waals surface area contributed by atoms with E-state index in [4.69, 9.17) is 15.9 Å². The number of nitrogens with one attached hydrogen (secondary N) is 1. The minimum Gasteiger partial charge on any atom is -0.480 e. The average molecular weight is 441 g/mol. The normalized spacial score (nSPS) is 11.4. The zero-order chi connectivity index (χ0) is 23.4. The van der Waals surface area contributed by atoms with Crippen LogP contribution in [-0.2, 0) is 25.7 Å². The van der Waals surface area contributed by atoms with Crippen LogP contribution in [0.3, 0.4) is 0 Å². The van der Waals surface area contributed by atoms with E-state index < -0.39 is 50.1 Å². The van der Waals surface area contributed by atoms with E-state index in [1.54, 1.807) is 12.1 Å². The maximum atomic E-state index is 11.4. The van der Waals surface area contributed by atoms with Gasteiger partial charge in [-0.05, 0) is 17.7 Å². The van der Waals surface area contributed by atoms with E-state index in [0.29, 0.717) is 18.8 Å². The number of rotatable bonds is 16. The number of carboxylic acids is 4. The predicted octanol–water partition coefficient (Wildman–Crippen LogP) is -1.18. The SMILES string of the molecule is Nc1ccc(CNCC[N+](CCN(CC(=O)O)CC(=O)O)(CC(=O)O)CC(=O)O)cc1. The highest BCUT2D eigenvalue weighted by Gasteiger charge is 2.34. The molecule has 12 heteroatoms. The van der Waals surface area contributed by atoms with Crippen molar-refractivity contribution in [2.24, 2.45) is 0 Å². The van der Waals surface area contributed by atoms with Crippen molar-refractivity contribution >= 4 is 29.6 Å². The molecule has 12 nitrogen and oxygen atoms in total. The topological polar surface area (TPSA) is 190 Å². The smallest absolute Gasteiger partial charge is 0.359 e. The molecular weight excluding hydrogens is 412 g/mol. The van der Waals surface area contributed by atoms with E-state index >= 15 is 0 Å². The third-order valence-corrected chi connectivity index (χ3v) is 4.62. The number of anilines is 1. The van der Waals surface area contributed by atoms with Crippen LogP contribution < -0.4 is 11.1 Å². The van der Waals surface area contributed by atoms with Crippen LogP contribution in [0.4, 0.5) is 5.69 Å². The van der Waals surface area contributed by atoms with Gasteiger partial charge >= 0.3 is 23.9 Å². The maximum absolute atomic E-state index is 11.4. The molecule has 0 aliphatic rings. The molecule has 0 atom stereocenters. The van der Waals surface area contributed by atoms with E-state index in [-0.39, 0.29) is 24.1 Å². The molecule has 0 aliphatic carbocycles. The van der Waals surface area contributed by atoms with Gasteiger partial charge < -0.3 is 36.0 Å². The summed E-state index contributed by atoms with van der Waals surface area (Å²) in [6.07, 6.45) is 0. The lowest BCUT2D eigenvalue weighted by Crippen LogP contribution is -2.59. The Balaban J connectivity index is 2.85. The Hall–Kier alpha value is -3.22. The van der Waals surface area contributed by atoms with Crippen molar-refractivity contribution in [2.45, 2.75) is 6.54 Å². The molecule has 0 fully saturated rings. The number of benzene rings is 1. The summed E-state index contributed by atoms with van der Waals surface area (Å²) in [5, 5.41) is 39.7. The zero-order valence-electron chi connectivity index (χ0n) is 17.1. The molecule has 0 spiro atoms. The van der Waals surface area contributed by atoms with Crippen LogP contribution in [0.25, 0.3) is 0 Å². The Morgan fingerprint density at radius 3 is 1.81 bits per heavy atom. The molecule has 0 unspecified atom stereocenters. The maximum Gasteiger partial charge on any atom is 0.359 e. The number of nitrogen functional groups attached to an aromatic ring is 1. The second-order valence-electron chi connectivity index (χ2n) is 7.31. The van der Waals surface area contributed by atoms with Crippen LogP contribution in [0, 0.1) is 0 Å². The first kappa shape index (κ1) is 25.8. The molecule has 1 aromatic carbocycles. The molecule has 1 rings (SSSR count). The number of nitrogens with zero attached hydrogens (tertiary/aromatic N) is 2. The fraction of sp³-hybridized carbons (Fsp3) is 0.474. The Morgan fingerprint density at radius 1 is 0.839 bits per heavy atom. The van der Waals surface area contributed by atoms with Crippen LogP contribution in [-0.4, -0.2) is 106 Å². The summed E-state index contributed by atoms with van der Waals surface area (Å²) in [5.74, 6) is -4.88. The molecule has 172 valence electrons. The number of carboxylic acid groups (broad SMARTS) is 4. The first-order valence-corrected chi connectivity index (χ1v) is 9.51. The number of quaternary nitrogens is 1. The molecule has 1 aromatic rings. The molecule has 0 amide bonds. The molecule has 0 aromatic heterocycles. The summed E-state index contributed by atoms with van der Waals surface area (Å²) in [7, 11) is 0. The second-order valence-corrected chi connectivity index (χ2v) is 7.31. The highest BCUT2D eigenvalue weighted by atomic mass is 16.4. The molecule has 0 saturated carbocycles. The fourth-order valence-corrected chi connectivity index (χ4v) is 3.19.